The number of hydrogen-bond donors (Lipinski definition) is 2. The van der Waals surface area contributed by atoms with Crippen LogP contribution < -0.4 is 16.4 Å². The summed E-state index contributed by atoms with van der Waals surface area (Å²) in [7, 11) is 3.55. The molecule has 0 aliphatic heterocycles. The molecule has 1 aromatic carbocycles. The summed E-state index contributed by atoms with van der Waals surface area (Å²) in [5.41, 5.74) is 1.50. The summed E-state index contributed by atoms with van der Waals surface area (Å²) in [6.45, 7) is 0. The van der Waals surface area contributed by atoms with Crippen molar-refractivity contribution in [3.8, 4) is 0 Å². The number of aromatic carboxylic acids is 1. The molecule has 0 radical (unpaired) electrons. The number of benzene rings is 1. The van der Waals surface area contributed by atoms with E-state index in [1.807, 2.05) is 0 Å². The molecule has 0 aliphatic rings. The zero-order valence-electron chi connectivity index (χ0n) is 9.30. The van der Waals surface area contributed by atoms with E-state index in [1.54, 1.807) is 21.8 Å². The van der Waals surface area contributed by atoms with E-state index in [0.717, 1.165) is 11.5 Å². The molecule has 0 saturated carbocycles. The molecule has 2 rings (SSSR count). The number of hydrogen-bond acceptors (Lipinski definition) is 2. The number of aromatic nitrogens is 1. The highest BCUT2D eigenvalue weighted by molar-refractivity contribution is 6.55. The van der Waals surface area contributed by atoms with Gasteiger partial charge in [0.2, 0.25) is 0 Å². The SMILES string of the molecule is Bc1cc2c(=O)cc(C(=O)O)[nH]c2c(B)c1Cl. The number of H-pyrrole nitrogens is 1. The van der Waals surface area contributed by atoms with E-state index in [-0.39, 0.29) is 11.1 Å². The van der Waals surface area contributed by atoms with Gasteiger partial charge in [0.1, 0.15) is 21.4 Å². The Kier molecular flexibility index (Phi) is 2.75. The highest BCUT2D eigenvalue weighted by Gasteiger charge is 2.12. The van der Waals surface area contributed by atoms with Gasteiger partial charge in [-0.25, -0.2) is 4.79 Å². The average Bonchev–Trinajstić information content (AvgIpc) is 2.27. The Balaban J connectivity index is 2.98. The summed E-state index contributed by atoms with van der Waals surface area (Å²) in [6, 6.07) is 2.74. The van der Waals surface area contributed by atoms with Crippen molar-refractivity contribution in [2.24, 2.45) is 0 Å². The predicted octanol–water partition coefficient (Wildman–Crippen LogP) is -1.60. The van der Waals surface area contributed by atoms with Gasteiger partial charge < -0.3 is 10.1 Å². The van der Waals surface area contributed by atoms with Gasteiger partial charge >= 0.3 is 5.97 Å². The highest BCUT2D eigenvalue weighted by Crippen LogP contribution is 2.10. The third-order valence-electron chi connectivity index (χ3n) is 2.71. The summed E-state index contributed by atoms with van der Waals surface area (Å²) in [5.74, 6) is -1.17. The minimum Gasteiger partial charge on any atom is -0.477 e. The molecule has 4 nitrogen and oxygen atoms in total. The molecule has 1 aromatic heterocycles. The molecule has 17 heavy (non-hydrogen) atoms. The molecule has 0 atom stereocenters. The standard InChI is InChI=1S/C10H8B2ClNO3/c11-4-1-3-6(15)2-5(10(16)17)14-9(3)7(12)8(4)13/h1-2H,11-12H2,(H,14,15)(H,16,17). The van der Waals surface area contributed by atoms with Gasteiger partial charge in [0, 0.05) is 22.0 Å². The lowest BCUT2D eigenvalue weighted by Gasteiger charge is -2.08. The number of nitrogens with one attached hydrogen (secondary N) is 1. The summed E-state index contributed by atoms with van der Waals surface area (Å²) in [5, 5.41) is 9.87. The first-order chi connectivity index (χ1) is 7.91. The van der Waals surface area contributed by atoms with Crippen molar-refractivity contribution in [2.75, 3.05) is 0 Å². The summed E-state index contributed by atoms with van der Waals surface area (Å²) in [4.78, 5) is 25.4. The van der Waals surface area contributed by atoms with Crippen molar-refractivity contribution in [3.63, 3.8) is 0 Å². The smallest absolute Gasteiger partial charge is 0.352 e. The van der Waals surface area contributed by atoms with Crippen LogP contribution in [0.4, 0.5) is 0 Å². The summed E-state index contributed by atoms with van der Waals surface area (Å²) >= 11 is 6.07. The Morgan fingerprint density at radius 1 is 1.35 bits per heavy atom. The third-order valence-corrected chi connectivity index (χ3v) is 3.29. The quantitative estimate of drug-likeness (QED) is 0.596. The average molecular weight is 247 g/mol. The number of carbonyl (C=O) groups is 1. The Hall–Kier alpha value is -1.68. The number of pyridine rings is 1. The van der Waals surface area contributed by atoms with Crippen LogP contribution in [0, 0.1) is 0 Å². The fraction of sp³-hybridized carbons (Fsp3) is 0. The van der Waals surface area contributed by atoms with Crippen molar-refractivity contribution in [3.05, 3.63) is 33.1 Å². The zero-order valence-corrected chi connectivity index (χ0v) is 10.1. The lowest BCUT2D eigenvalue weighted by Crippen LogP contribution is -2.23. The monoisotopic (exact) mass is 247 g/mol. The first kappa shape index (κ1) is 11.8. The molecule has 0 bridgehead atoms. The predicted molar refractivity (Wildman–Crippen MR) is 72.9 cm³/mol. The van der Waals surface area contributed by atoms with Gasteiger partial charge in [0.15, 0.2) is 5.43 Å². The van der Waals surface area contributed by atoms with Gasteiger partial charge in [-0.1, -0.05) is 23.1 Å². The van der Waals surface area contributed by atoms with Crippen molar-refractivity contribution >= 4 is 55.1 Å². The van der Waals surface area contributed by atoms with E-state index in [9.17, 15) is 9.59 Å². The fourth-order valence-corrected chi connectivity index (χ4v) is 1.96. The van der Waals surface area contributed by atoms with Crippen LogP contribution in [-0.2, 0) is 0 Å². The summed E-state index contributed by atoms with van der Waals surface area (Å²) < 4.78 is 0. The number of fused-ring (bicyclic) bond motifs is 1. The minimum absolute atomic E-state index is 0.134. The molecule has 2 N–H and O–H groups in total. The van der Waals surface area contributed by atoms with Gasteiger partial charge in [-0.15, -0.1) is 0 Å². The third kappa shape index (κ3) is 1.85. The van der Waals surface area contributed by atoms with Crippen LogP contribution in [0.15, 0.2) is 16.9 Å². The molecule has 0 amide bonds. The highest BCUT2D eigenvalue weighted by atomic mass is 35.5. The van der Waals surface area contributed by atoms with Gasteiger partial charge in [0.25, 0.3) is 0 Å². The molecule has 84 valence electrons. The second-order valence-electron chi connectivity index (χ2n) is 3.91. The second-order valence-corrected chi connectivity index (χ2v) is 4.29. The van der Waals surface area contributed by atoms with Crippen molar-refractivity contribution in [2.45, 2.75) is 0 Å². The Labute approximate surface area is 103 Å². The molecule has 2 aromatic rings. The van der Waals surface area contributed by atoms with Gasteiger partial charge in [-0.3, -0.25) is 4.79 Å². The lowest BCUT2D eigenvalue weighted by molar-refractivity contribution is 0.0691. The van der Waals surface area contributed by atoms with Crippen LogP contribution in [-0.4, -0.2) is 31.8 Å². The first-order valence-electron chi connectivity index (χ1n) is 4.98. The van der Waals surface area contributed by atoms with Crippen LogP contribution in [0.2, 0.25) is 5.02 Å². The molecular formula is C10H8B2ClNO3. The molecule has 0 spiro atoms. The van der Waals surface area contributed by atoms with E-state index in [2.05, 4.69) is 4.98 Å². The number of halogens is 1. The van der Waals surface area contributed by atoms with E-state index >= 15 is 0 Å². The molecule has 0 fully saturated rings. The molecule has 7 heteroatoms. The van der Waals surface area contributed by atoms with E-state index in [0.29, 0.717) is 21.4 Å². The lowest BCUT2D eigenvalue weighted by atomic mass is 9.84. The molecule has 0 unspecified atom stereocenters. The van der Waals surface area contributed by atoms with Gasteiger partial charge in [-0.2, -0.15) is 0 Å². The number of rotatable bonds is 1. The van der Waals surface area contributed by atoms with Crippen LogP contribution in [0.3, 0.4) is 0 Å². The first-order valence-corrected chi connectivity index (χ1v) is 5.35. The van der Waals surface area contributed by atoms with E-state index < -0.39 is 5.97 Å². The van der Waals surface area contributed by atoms with Crippen molar-refractivity contribution in [1.82, 2.24) is 4.98 Å². The number of carboxylic acids is 1. The largest absolute Gasteiger partial charge is 0.477 e. The van der Waals surface area contributed by atoms with E-state index in [1.165, 1.54) is 0 Å². The van der Waals surface area contributed by atoms with Crippen LogP contribution in [0.1, 0.15) is 10.5 Å². The van der Waals surface area contributed by atoms with Crippen LogP contribution in [0.25, 0.3) is 10.9 Å². The normalized spacial score (nSPS) is 10.6. The molecule has 1 heterocycles. The van der Waals surface area contributed by atoms with Crippen molar-refractivity contribution in [1.29, 1.82) is 0 Å². The Bertz CT molecular complexity index is 696. The number of carboxylic acid groups (broad SMARTS) is 1. The van der Waals surface area contributed by atoms with Gasteiger partial charge in [0.05, 0.1) is 0 Å². The van der Waals surface area contributed by atoms with E-state index in [4.69, 9.17) is 16.7 Å². The van der Waals surface area contributed by atoms with Crippen molar-refractivity contribution < 1.29 is 9.90 Å². The fourth-order valence-electron chi connectivity index (χ4n) is 1.81. The van der Waals surface area contributed by atoms with Gasteiger partial charge in [-0.05, 0) is 5.46 Å². The maximum absolute atomic E-state index is 11.8. The zero-order chi connectivity index (χ0) is 12.7. The minimum atomic E-state index is -1.17. The topological polar surface area (TPSA) is 70.2 Å². The van der Waals surface area contributed by atoms with Crippen LogP contribution >= 0.6 is 11.6 Å². The maximum Gasteiger partial charge on any atom is 0.352 e. The van der Waals surface area contributed by atoms with Crippen LogP contribution in [0.5, 0.6) is 0 Å². The summed E-state index contributed by atoms with van der Waals surface area (Å²) in [6.07, 6.45) is 0. The maximum atomic E-state index is 11.8. The Morgan fingerprint density at radius 2 is 2.00 bits per heavy atom. The molecule has 0 saturated heterocycles. The molecular weight excluding hydrogens is 239 g/mol. The second kappa shape index (κ2) is 3.96. The number of aromatic amines is 1. The Morgan fingerprint density at radius 3 is 2.59 bits per heavy atom. The molecule has 0 aliphatic carbocycles.